The molecule has 1 unspecified atom stereocenters. The van der Waals surface area contributed by atoms with E-state index in [2.05, 4.69) is 6.07 Å². The average molecular weight is 285 g/mol. The predicted molar refractivity (Wildman–Crippen MR) is 78.2 cm³/mol. The maximum atomic E-state index is 11.4. The van der Waals surface area contributed by atoms with Crippen LogP contribution in [0.4, 0.5) is 5.82 Å². The minimum atomic E-state index is -0.776. The lowest BCUT2D eigenvalue weighted by Gasteiger charge is -2.24. The van der Waals surface area contributed by atoms with Crippen LogP contribution in [0.1, 0.15) is 43.0 Å². The van der Waals surface area contributed by atoms with E-state index in [-0.39, 0.29) is 0 Å². The van der Waals surface area contributed by atoms with Crippen LogP contribution in [-0.4, -0.2) is 29.1 Å². The number of aliphatic carboxylic acids is 1. The third-order valence-electron chi connectivity index (χ3n) is 4.69. The number of rotatable bonds is 2. The van der Waals surface area contributed by atoms with Crippen molar-refractivity contribution in [3.8, 4) is 6.07 Å². The number of fused-ring (bicyclic) bond motifs is 1. The van der Waals surface area contributed by atoms with Crippen LogP contribution in [0.25, 0.3) is 0 Å². The van der Waals surface area contributed by atoms with E-state index in [1.54, 1.807) is 6.92 Å². The minimum absolute atomic E-state index is 0.419. The van der Waals surface area contributed by atoms with Gasteiger partial charge in [0.25, 0.3) is 0 Å². The lowest BCUT2D eigenvalue weighted by molar-refractivity contribution is -0.146. The highest BCUT2D eigenvalue weighted by Crippen LogP contribution is 2.35. The number of carbonyl (C=O) groups is 1. The minimum Gasteiger partial charge on any atom is -0.481 e. The van der Waals surface area contributed by atoms with Gasteiger partial charge < -0.3 is 10.0 Å². The van der Waals surface area contributed by atoms with Crippen molar-refractivity contribution in [1.82, 2.24) is 4.98 Å². The molecular formula is C16H19N3O2. The van der Waals surface area contributed by atoms with Crippen LogP contribution < -0.4 is 4.90 Å². The van der Waals surface area contributed by atoms with Gasteiger partial charge in [-0.25, -0.2) is 4.98 Å². The van der Waals surface area contributed by atoms with Gasteiger partial charge in [-0.2, -0.15) is 5.26 Å². The molecule has 1 N–H and O–H groups in total. The van der Waals surface area contributed by atoms with Gasteiger partial charge in [-0.3, -0.25) is 4.79 Å². The number of aryl methyl sites for hydroxylation is 2. The quantitative estimate of drug-likeness (QED) is 0.900. The van der Waals surface area contributed by atoms with Crippen LogP contribution in [0.15, 0.2) is 6.07 Å². The Morgan fingerprint density at radius 2 is 2.24 bits per heavy atom. The number of carboxylic acids is 1. The van der Waals surface area contributed by atoms with Crippen molar-refractivity contribution >= 4 is 11.8 Å². The fourth-order valence-electron chi connectivity index (χ4n) is 3.26. The van der Waals surface area contributed by atoms with Crippen molar-refractivity contribution in [2.75, 3.05) is 18.0 Å². The largest absolute Gasteiger partial charge is 0.481 e. The third kappa shape index (κ3) is 2.35. The van der Waals surface area contributed by atoms with E-state index in [9.17, 15) is 15.2 Å². The van der Waals surface area contributed by atoms with Crippen LogP contribution in [0.3, 0.4) is 0 Å². The maximum Gasteiger partial charge on any atom is 0.311 e. The molecule has 1 aromatic heterocycles. The molecule has 0 spiro atoms. The number of carboxylic acid groups (broad SMARTS) is 1. The first-order valence-electron chi connectivity index (χ1n) is 7.45. The number of pyridine rings is 1. The summed E-state index contributed by atoms with van der Waals surface area (Å²) in [5.41, 5.74) is 2.09. The molecule has 1 atom stereocenters. The maximum absolute atomic E-state index is 11.4. The van der Waals surface area contributed by atoms with E-state index >= 15 is 0 Å². The van der Waals surface area contributed by atoms with Crippen molar-refractivity contribution in [2.24, 2.45) is 5.41 Å². The second-order valence-corrected chi connectivity index (χ2v) is 6.32. The fourth-order valence-corrected chi connectivity index (χ4v) is 3.26. The molecule has 0 bridgehead atoms. The van der Waals surface area contributed by atoms with E-state index in [4.69, 9.17) is 4.98 Å². The van der Waals surface area contributed by atoms with Crippen LogP contribution in [0.5, 0.6) is 0 Å². The molecule has 5 nitrogen and oxygen atoms in total. The zero-order valence-corrected chi connectivity index (χ0v) is 12.2. The number of hydrogen-bond donors (Lipinski definition) is 1. The molecule has 21 heavy (non-hydrogen) atoms. The number of aromatic nitrogens is 1. The molecule has 1 aliphatic carbocycles. The molecule has 0 radical (unpaired) electrons. The monoisotopic (exact) mass is 285 g/mol. The molecular weight excluding hydrogens is 266 g/mol. The van der Waals surface area contributed by atoms with Crippen molar-refractivity contribution in [3.63, 3.8) is 0 Å². The van der Waals surface area contributed by atoms with Gasteiger partial charge in [0.1, 0.15) is 11.9 Å². The molecule has 1 aliphatic heterocycles. The third-order valence-corrected chi connectivity index (χ3v) is 4.69. The molecule has 1 saturated heterocycles. The molecule has 110 valence electrons. The van der Waals surface area contributed by atoms with E-state index in [0.717, 1.165) is 31.4 Å². The van der Waals surface area contributed by atoms with Crippen LogP contribution in [0.2, 0.25) is 0 Å². The molecule has 0 aromatic carbocycles. The van der Waals surface area contributed by atoms with Gasteiger partial charge in [0.15, 0.2) is 0 Å². The molecule has 2 heterocycles. The summed E-state index contributed by atoms with van der Waals surface area (Å²) >= 11 is 0. The number of nitriles is 1. The van der Waals surface area contributed by atoms with E-state index in [1.165, 1.54) is 5.56 Å². The summed E-state index contributed by atoms with van der Waals surface area (Å²) in [6.07, 6.45) is 4.83. The highest BCUT2D eigenvalue weighted by molar-refractivity contribution is 5.76. The Kier molecular flexibility index (Phi) is 3.32. The van der Waals surface area contributed by atoms with Gasteiger partial charge in [-0.15, -0.1) is 0 Å². The molecule has 1 fully saturated rings. The van der Waals surface area contributed by atoms with E-state index in [1.807, 2.05) is 11.0 Å². The summed E-state index contributed by atoms with van der Waals surface area (Å²) < 4.78 is 0. The van der Waals surface area contributed by atoms with Gasteiger partial charge in [0.2, 0.25) is 0 Å². The molecule has 5 heteroatoms. The SMILES string of the molecule is CC1(C(=O)O)CCN(c2nc3c(cc2C#N)CCCC3)C1. The standard InChI is InChI=1S/C16H19N3O2/c1-16(15(20)21)6-7-19(10-16)14-12(9-17)8-11-4-2-3-5-13(11)18-14/h8H,2-7,10H2,1H3,(H,20,21). The lowest BCUT2D eigenvalue weighted by Crippen LogP contribution is -2.32. The molecule has 2 aliphatic rings. The van der Waals surface area contributed by atoms with Gasteiger partial charge in [-0.05, 0) is 50.7 Å². The second-order valence-electron chi connectivity index (χ2n) is 6.32. The molecule has 0 saturated carbocycles. The molecule has 1 aromatic rings. The van der Waals surface area contributed by atoms with Crippen molar-refractivity contribution in [1.29, 1.82) is 5.26 Å². The molecule has 3 rings (SSSR count). The number of hydrogen-bond acceptors (Lipinski definition) is 4. The summed E-state index contributed by atoms with van der Waals surface area (Å²) in [6, 6.07) is 4.18. The molecule has 0 amide bonds. The summed E-state index contributed by atoms with van der Waals surface area (Å²) in [5.74, 6) is -0.107. The predicted octanol–water partition coefficient (Wildman–Crippen LogP) is 2.13. The van der Waals surface area contributed by atoms with Gasteiger partial charge in [0, 0.05) is 18.8 Å². The van der Waals surface area contributed by atoms with Crippen LogP contribution >= 0.6 is 0 Å². The Labute approximate surface area is 124 Å². The summed E-state index contributed by atoms with van der Waals surface area (Å²) in [7, 11) is 0. The smallest absolute Gasteiger partial charge is 0.311 e. The van der Waals surface area contributed by atoms with Gasteiger partial charge >= 0.3 is 5.97 Å². The zero-order valence-electron chi connectivity index (χ0n) is 12.2. The first-order valence-corrected chi connectivity index (χ1v) is 7.45. The normalized spacial score (nSPS) is 24.5. The lowest BCUT2D eigenvalue weighted by atomic mass is 9.90. The Morgan fingerprint density at radius 3 is 2.90 bits per heavy atom. The van der Waals surface area contributed by atoms with Crippen molar-refractivity contribution < 1.29 is 9.90 Å². The summed E-state index contributed by atoms with van der Waals surface area (Å²) in [4.78, 5) is 18.0. The fraction of sp³-hybridized carbons (Fsp3) is 0.562. The first kappa shape index (κ1) is 13.9. The highest BCUT2D eigenvalue weighted by Gasteiger charge is 2.41. The van der Waals surface area contributed by atoms with Gasteiger partial charge in [-0.1, -0.05) is 0 Å². The van der Waals surface area contributed by atoms with Gasteiger partial charge in [0.05, 0.1) is 11.0 Å². The van der Waals surface area contributed by atoms with E-state index in [0.29, 0.717) is 30.9 Å². The second kappa shape index (κ2) is 5.03. The Balaban J connectivity index is 1.96. The van der Waals surface area contributed by atoms with E-state index < -0.39 is 11.4 Å². The topological polar surface area (TPSA) is 77.2 Å². The first-order chi connectivity index (χ1) is 10.0. The van der Waals surface area contributed by atoms with Crippen molar-refractivity contribution in [3.05, 3.63) is 22.9 Å². The average Bonchev–Trinajstić information content (AvgIpc) is 2.89. The van der Waals surface area contributed by atoms with Crippen LogP contribution in [0, 0.1) is 16.7 Å². The van der Waals surface area contributed by atoms with Crippen molar-refractivity contribution in [2.45, 2.75) is 39.0 Å². The Hall–Kier alpha value is -2.09. The highest BCUT2D eigenvalue weighted by atomic mass is 16.4. The number of nitrogens with zero attached hydrogens (tertiary/aromatic N) is 3. The Bertz CT molecular complexity index is 635. The zero-order chi connectivity index (χ0) is 15.0. The Morgan fingerprint density at radius 1 is 1.48 bits per heavy atom. The van der Waals surface area contributed by atoms with Crippen LogP contribution in [-0.2, 0) is 17.6 Å². The number of anilines is 1. The summed E-state index contributed by atoms with van der Waals surface area (Å²) in [5, 5.41) is 18.7. The summed E-state index contributed by atoms with van der Waals surface area (Å²) in [6.45, 7) is 2.83.